The quantitative estimate of drug-likeness (QED) is 0.0977. The van der Waals surface area contributed by atoms with Crippen molar-refractivity contribution in [1.29, 1.82) is 0 Å². The smallest absolute Gasteiger partial charge is 0.297 e. The Hall–Kier alpha value is -4.64. The number of unbranched alkanes of at least 4 members (excludes halogenated alkanes) is 1. The van der Waals surface area contributed by atoms with Gasteiger partial charge in [-0.2, -0.15) is 0 Å². The van der Waals surface area contributed by atoms with Gasteiger partial charge < -0.3 is 5.73 Å². The molecule has 0 spiro atoms. The number of ether oxygens (including phenoxy) is 1. The zero-order chi connectivity index (χ0) is 32.4. The van der Waals surface area contributed by atoms with Crippen molar-refractivity contribution in [3.05, 3.63) is 157 Å². The molecule has 0 fully saturated rings. The number of hydrogen-bond donors (Lipinski definition) is 3. The molecular weight excluding hydrogens is 621 g/mol. The van der Waals surface area contributed by atoms with Gasteiger partial charge in [-0.1, -0.05) is 30.3 Å². The summed E-state index contributed by atoms with van der Waals surface area (Å²) in [5, 5.41) is 9.94. The van der Waals surface area contributed by atoms with Crippen LogP contribution in [0, 0.1) is 0 Å². The molecule has 5 aromatic rings. The fraction of sp³-hybridized carbons (Fsp3) is 0.179. The van der Waals surface area contributed by atoms with Gasteiger partial charge in [0.25, 0.3) is 0 Å². The average Bonchev–Trinajstić information content (AvgIpc) is 3.13. The maximum atomic E-state index is 8.19. The molecular formula is C39H41ClN5OP. The van der Waals surface area contributed by atoms with Crippen LogP contribution in [-0.2, 0) is 6.42 Å². The molecule has 1 aliphatic rings. The van der Waals surface area contributed by atoms with Crippen molar-refractivity contribution in [2.45, 2.75) is 25.4 Å². The number of halogens is 1. The van der Waals surface area contributed by atoms with Crippen LogP contribution >= 0.6 is 17.2 Å². The third kappa shape index (κ3) is 7.35. The molecule has 6 nitrogen and oxygen atoms in total. The van der Waals surface area contributed by atoms with Crippen LogP contribution in [0.1, 0.15) is 30.1 Å². The maximum absolute atomic E-state index is 8.19. The molecule has 6 rings (SSSR count). The first kappa shape index (κ1) is 32.3. The fourth-order valence-corrected chi connectivity index (χ4v) is 12.4. The predicted octanol–water partition coefficient (Wildman–Crippen LogP) is 6.63. The number of nitrogens with two attached hydrogens (primary N) is 1. The van der Waals surface area contributed by atoms with Crippen molar-refractivity contribution in [1.82, 2.24) is 10.6 Å². The van der Waals surface area contributed by atoms with Crippen molar-refractivity contribution >= 4 is 45.0 Å². The first-order valence-electron chi connectivity index (χ1n) is 16.1. The van der Waals surface area contributed by atoms with Crippen molar-refractivity contribution in [3.8, 4) is 5.75 Å². The van der Waals surface area contributed by atoms with Crippen LogP contribution in [-0.4, -0.2) is 31.2 Å². The predicted molar refractivity (Wildman–Crippen MR) is 200 cm³/mol. The number of nitrogens with one attached hydrogen (secondary N) is 2. The van der Waals surface area contributed by atoms with E-state index in [-0.39, 0.29) is 6.17 Å². The van der Waals surface area contributed by atoms with E-state index in [2.05, 4.69) is 124 Å². The van der Waals surface area contributed by atoms with Crippen LogP contribution in [0.4, 0.5) is 0 Å². The Kier molecular flexibility index (Phi) is 10.2. The number of guanidine groups is 2. The van der Waals surface area contributed by atoms with Gasteiger partial charge in [0.15, 0.2) is 0 Å². The Labute approximate surface area is 282 Å². The zero-order valence-electron chi connectivity index (χ0n) is 26.4. The van der Waals surface area contributed by atoms with E-state index in [4.69, 9.17) is 21.7 Å². The van der Waals surface area contributed by atoms with Gasteiger partial charge >= 0.3 is 218 Å². The molecule has 1 heterocycles. The van der Waals surface area contributed by atoms with E-state index in [1.54, 1.807) is 0 Å². The Bertz CT molecular complexity index is 1690. The summed E-state index contributed by atoms with van der Waals surface area (Å²) < 4.78 is 6.20. The first-order chi connectivity index (χ1) is 23.0. The summed E-state index contributed by atoms with van der Waals surface area (Å²) in [6, 6.07) is 50.2. The van der Waals surface area contributed by atoms with Crippen LogP contribution in [0.5, 0.6) is 5.75 Å². The Balaban J connectivity index is 1.09. The van der Waals surface area contributed by atoms with E-state index in [1.165, 1.54) is 21.5 Å². The first-order valence-corrected chi connectivity index (χ1v) is 19.4. The summed E-state index contributed by atoms with van der Waals surface area (Å²) in [5.41, 5.74) is 8.32. The molecule has 0 saturated carbocycles. The van der Waals surface area contributed by atoms with Crippen molar-refractivity contribution in [2.24, 2.45) is 15.7 Å². The summed E-state index contributed by atoms with van der Waals surface area (Å²) in [7, 11) is 0. The summed E-state index contributed by atoms with van der Waals surface area (Å²) in [6.45, 7) is 1.23. The average molecular weight is 662 g/mol. The van der Waals surface area contributed by atoms with Crippen molar-refractivity contribution < 1.29 is 4.74 Å². The van der Waals surface area contributed by atoms with Gasteiger partial charge in [0.05, 0.1) is 0 Å². The molecule has 0 bridgehead atoms. The van der Waals surface area contributed by atoms with Gasteiger partial charge in [-0.25, -0.2) is 0 Å². The van der Waals surface area contributed by atoms with Gasteiger partial charge in [0, 0.05) is 6.54 Å². The Morgan fingerprint density at radius 1 is 0.702 bits per heavy atom. The molecule has 0 amide bonds. The van der Waals surface area contributed by atoms with E-state index < -0.39 is 5.96 Å². The van der Waals surface area contributed by atoms with Gasteiger partial charge in [0.2, 0.25) is 0 Å². The van der Waals surface area contributed by atoms with E-state index in [0.717, 1.165) is 36.7 Å². The van der Waals surface area contributed by atoms with Gasteiger partial charge in [0.1, 0.15) is 0 Å². The monoisotopic (exact) mass is 661 g/mol. The number of rotatable bonds is 13. The van der Waals surface area contributed by atoms with E-state index >= 15 is 0 Å². The van der Waals surface area contributed by atoms with Crippen LogP contribution in [0.3, 0.4) is 0 Å². The van der Waals surface area contributed by atoms with Crippen LogP contribution in [0.15, 0.2) is 156 Å². The minimum atomic E-state index is -3.26. The minimum absolute atomic E-state index is 0.326. The second-order valence-electron chi connectivity index (χ2n) is 11.7. The number of benzene rings is 5. The molecule has 0 aromatic heterocycles. The second-order valence-corrected chi connectivity index (χ2v) is 18.3. The molecule has 240 valence electrons. The van der Waals surface area contributed by atoms with E-state index in [0.29, 0.717) is 25.1 Å². The van der Waals surface area contributed by atoms with Gasteiger partial charge in [-0.05, 0) is 12.0 Å². The SMILES string of the molecule is NC1=NC(c2ccc(OCCCCP(Cl)(c3ccccc3)(c3ccccc3)c3ccccc3)cc2)NC(=NCCc2ccccc2)N1. The van der Waals surface area contributed by atoms with Crippen LogP contribution in [0.25, 0.3) is 0 Å². The fourth-order valence-electron chi connectivity index (χ4n) is 6.17. The molecule has 47 heavy (non-hydrogen) atoms. The summed E-state index contributed by atoms with van der Waals surface area (Å²) in [4.78, 5) is 9.19. The molecule has 1 aliphatic heterocycles. The zero-order valence-corrected chi connectivity index (χ0v) is 28.0. The van der Waals surface area contributed by atoms with E-state index in [1.807, 2.05) is 42.5 Å². The summed E-state index contributed by atoms with van der Waals surface area (Å²) >= 11 is 8.19. The molecule has 8 heteroatoms. The molecule has 1 atom stereocenters. The molecule has 0 radical (unpaired) electrons. The Morgan fingerprint density at radius 3 is 1.79 bits per heavy atom. The van der Waals surface area contributed by atoms with E-state index in [9.17, 15) is 0 Å². The van der Waals surface area contributed by atoms with Crippen molar-refractivity contribution in [2.75, 3.05) is 19.3 Å². The molecule has 1 unspecified atom stereocenters. The number of aliphatic imine (C=N–C) groups is 2. The molecule has 4 N–H and O–H groups in total. The number of hydrogen-bond acceptors (Lipinski definition) is 4. The summed E-state index contributed by atoms with van der Waals surface area (Å²) in [5.74, 6) is -1.49. The third-order valence-corrected chi connectivity index (χ3v) is 16.2. The molecule has 0 aliphatic carbocycles. The normalized spacial score (nSPS) is 16.3. The van der Waals surface area contributed by atoms with Crippen molar-refractivity contribution in [3.63, 3.8) is 0 Å². The standard InChI is InChI=1S/C39H41ClN5OP/c40-47(34-17-7-2-8-18-34,35-19-9-3-10-20-35,36-21-11-4-12-22-36)30-14-13-29-46-33-25-23-32(24-26-33)37-43-38(41)45-39(44-37)42-28-27-31-15-5-1-6-16-31/h1-12,15-26,37H,13-14,27-30H2,(H4,41,42,43,44,45). The van der Waals surface area contributed by atoms with Gasteiger partial charge in [-0.15, -0.1) is 0 Å². The topological polar surface area (TPSA) is 84.0 Å². The molecule has 0 saturated heterocycles. The summed E-state index contributed by atoms with van der Waals surface area (Å²) in [6.07, 6.45) is 3.15. The minimum Gasteiger partial charge on any atom is -0.297 e. The molecule has 5 aromatic carbocycles. The third-order valence-electron chi connectivity index (χ3n) is 8.62. The Morgan fingerprint density at radius 2 is 1.23 bits per heavy atom. The van der Waals surface area contributed by atoms with Gasteiger partial charge in [-0.3, -0.25) is 10.3 Å². The van der Waals surface area contributed by atoms with Crippen LogP contribution < -0.4 is 37.0 Å². The number of nitrogens with zero attached hydrogens (tertiary/aromatic N) is 2. The second kappa shape index (κ2) is 14.8. The van der Waals surface area contributed by atoms with Crippen LogP contribution in [0.2, 0.25) is 0 Å².